The van der Waals surface area contributed by atoms with Gasteiger partial charge in [0.25, 0.3) is 0 Å². The smallest absolute Gasteiger partial charge is 0.249 e. The Morgan fingerprint density at radius 3 is 2.07 bits per heavy atom. The second kappa shape index (κ2) is 15.7. The fourth-order valence-corrected chi connectivity index (χ4v) is 3.42. The molecule has 0 radical (unpaired) electrons. The molecule has 0 aromatic heterocycles. The highest BCUT2D eigenvalue weighted by atomic mass is 16.5. The summed E-state index contributed by atoms with van der Waals surface area (Å²) in [5.41, 5.74) is 0.413. The van der Waals surface area contributed by atoms with Gasteiger partial charge in [-0.15, -0.1) is 0 Å². The standard InChI is InChI=1S/C23H42N2O3/c1-4-6-8-9-10-11-15-25(17-13-19-28-18-7-5-2)16-12-14-24-21-20(3)22(26)23(21)27/h24H,4-19H2,1-3H3. The highest BCUT2D eigenvalue weighted by molar-refractivity contribution is 5.55. The number of hydrogen-bond acceptors (Lipinski definition) is 5. The molecule has 0 spiro atoms. The molecule has 1 rings (SSSR count). The van der Waals surface area contributed by atoms with Gasteiger partial charge in [0, 0.05) is 31.9 Å². The zero-order valence-corrected chi connectivity index (χ0v) is 18.5. The molecule has 28 heavy (non-hydrogen) atoms. The minimum atomic E-state index is -0.356. The maximum atomic E-state index is 11.5. The largest absolute Gasteiger partial charge is 0.381 e. The van der Waals surface area contributed by atoms with E-state index in [9.17, 15) is 9.59 Å². The lowest BCUT2D eigenvalue weighted by Gasteiger charge is -2.23. The van der Waals surface area contributed by atoms with Crippen LogP contribution in [0.15, 0.2) is 9.59 Å². The van der Waals surface area contributed by atoms with Crippen molar-refractivity contribution in [1.82, 2.24) is 4.90 Å². The summed E-state index contributed by atoms with van der Waals surface area (Å²) in [6.07, 6.45) is 12.3. The molecule has 0 aliphatic heterocycles. The van der Waals surface area contributed by atoms with E-state index in [1.807, 2.05) is 0 Å². The quantitative estimate of drug-likeness (QED) is 0.281. The van der Waals surface area contributed by atoms with E-state index in [0.29, 0.717) is 11.3 Å². The first-order valence-corrected chi connectivity index (χ1v) is 11.5. The molecule has 162 valence electrons. The molecular formula is C23H42N2O3. The van der Waals surface area contributed by atoms with Crippen LogP contribution in [0.1, 0.15) is 83.6 Å². The van der Waals surface area contributed by atoms with E-state index in [0.717, 1.165) is 58.7 Å². The van der Waals surface area contributed by atoms with Crippen LogP contribution in [0, 0.1) is 6.92 Å². The molecule has 0 fully saturated rings. The molecule has 1 aromatic carbocycles. The predicted octanol–water partition coefficient (Wildman–Crippen LogP) is 4.26. The maximum Gasteiger partial charge on any atom is 0.249 e. The molecule has 5 nitrogen and oxygen atoms in total. The van der Waals surface area contributed by atoms with Crippen molar-refractivity contribution in [2.45, 2.75) is 85.0 Å². The summed E-state index contributed by atoms with van der Waals surface area (Å²) in [6.45, 7) is 11.8. The van der Waals surface area contributed by atoms with E-state index in [1.165, 1.54) is 44.9 Å². The summed E-state index contributed by atoms with van der Waals surface area (Å²) >= 11 is 0. The fraction of sp³-hybridized carbons (Fsp3) is 0.826. The molecule has 0 heterocycles. The van der Waals surface area contributed by atoms with Crippen LogP contribution in [-0.4, -0.2) is 44.3 Å². The molecule has 0 aliphatic carbocycles. The Labute approximate surface area is 171 Å². The zero-order valence-electron chi connectivity index (χ0n) is 18.5. The molecular weight excluding hydrogens is 352 g/mol. The summed E-state index contributed by atoms with van der Waals surface area (Å²) < 4.78 is 5.69. The van der Waals surface area contributed by atoms with Gasteiger partial charge >= 0.3 is 0 Å². The summed E-state index contributed by atoms with van der Waals surface area (Å²) in [5, 5.41) is 3.14. The van der Waals surface area contributed by atoms with Crippen LogP contribution in [0.2, 0.25) is 0 Å². The average Bonchev–Trinajstić information content (AvgIpc) is 2.71. The number of hydrogen-bond donors (Lipinski definition) is 1. The van der Waals surface area contributed by atoms with Crippen molar-refractivity contribution in [2.75, 3.05) is 44.7 Å². The highest BCUT2D eigenvalue weighted by Gasteiger charge is 2.15. The zero-order chi connectivity index (χ0) is 20.6. The molecule has 5 heteroatoms. The molecule has 0 saturated carbocycles. The van der Waals surface area contributed by atoms with Crippen molar-refractivity contribution in [2.24, 2.45) is 0 Å². The molecule has 0 aliphatic rings. The lowest BCUT2D eigenvalue weighted by Crippen LogP contribution is -2.37. The third-order valence-electron chi connectivity index (χ3n) is 5.33. The van der Waals surface area contributed by atoms with Crippen LogP contribution >= 0.6 is 0 Å². The van der Waals surface area contributed by atoms with Crippen molar-refractivity contribution < 1.29 is 4.74 Å². The third-order valence-corrected chi connectivity index (χ3v) is 5.33. The van der Waals surface area contributed by atoms with E-state index in [2.05, 4.69) is 24.1 Å². The van der Waals surface area contributed by atoms with Gasteiger partial charge in [0.15, 0.2) is 0 Å². The molecule has 1 N–H and O–H groups in total. The number of rotatable bonds is 19. The Balaban J connectivity index is 2.24. The second-order valence-electron chi connectivity index (χ2n) is 7.87. The van der Waals surface area contributed by atoms with E-state index >= 15 is 0 Å². The van der Waals surface area contributed by atoms with Gasteiger partial charge in [-0.3, -0.25) is 9.59 Å². The van der Waals surface area contributed by atoms with Gasteiger partial charge in [-0.05, 0) is 45.7 Å². The molecule has 0 bridgehead atoms. The van der Waals surface area contributed by atoms with Gasteiger partial charge in [-0.1, -0.05) is 52.4 Å². The number of ether oxygens (including phenoxy) is 1. The summed E-state index contributed by atoms with van der Waals surface area (Å²) in [4.78, 5) is 25.3. The second-order valence-corrected chi connectivity index (χ2v) is 7.87. The number of unbranched alkanes of at least 4 members (excludes halogenated alkanes) is 6. The number of anilines is 1. The number of nitrogens with zero attached hydrogens (tertiary/aromatic N) is 1. The molecule has 1 aromatic rings. The SMILES string of the molecule is CCCCCCCCN(CCCNc1c(C)c(=O)c1=O)CCCOCCCC. The minimum absolute atomic E-state index is 0.338. The Morgan fingerprint density at radius 2 is 1.36 bits per heavy atom. The van der Waals surface area contributed by atoms with E-state index in [1.54, 1.807) is 6.92 Å². The Morgan fingerprint density at radius 1 is 0.750 bits per heavy atom. The van der Waals surface area contributed by atoms with Gasteiger partial charge in [-0.25, -0.2) is 0 Å². The Kier molecular flexibility index (Phi) is 13.9. The summed E-state index contributed by atoms with van der Waals surface area (Å²) in [5.74, 6) is 0. The average molecular weight is 395 g/mol. The van der Waals surface area contributed by atoms with E-state index < -0.39 is 0 Å². The van der Waals surface area contributed by atoms with Crippen LogP contribution in [0.3, 0.4) is 0 Å². The van der Waals surface area contributed by atoms with Gasteiger partial charge in [0.1, 0.15) is 0 Å². The van der Waals surface area contributed by atoms with Crippen molar-refractivity contribution in [3.05, 3.63) is 26.0 Å². The van der Waals surface area contributed by atoms with Crippen molar-refractivity contribution in [3.8, 4) is 0 Å². The topological polar surface area (TPSA) is 58.6 Å². The summed E-state index contributed by atoms with van der Waals surface area (Å²) in [6, 6.07) is 0. The normalized spacial score (nSPS) is 11.6. The summed E-state index contributed by atoms with van der Waals surface area (Å²) in [7, 11) is 0. The lowest BCUT2D eigenvalue weighted by molar-refractivity contribution is 0.117. The molecule has 0 atom stereocenters. The first-order valence-electron chi connectivity index (χ1n) is 11.5. The van der Waals surface area contributed by atoms with Crippen molar-refractivity contribution >= 4 is 5.69 Å². The van der Waals surface area contributed by atoms with Crippen molar-refractivity contribution in [3.63, 3.8) is 0 Å². The Bertz CT molecular complexity index is 563. The Hall–Kier alpha value is -1.20. The monoisotopic (exact) mass is 394 g/mol. The first-order chi connectivity index (χ1) is 13.6. The lowest BCUT2D eigenvalue weighted by atomic mass is 10.1. The fourth-order valence-electron chi connectivity index (χ4n) is 3.42. The predicted molar refractivity (Wildman–Crippen MR) is 119 cm³/mol. The first kappa shape index (κ1) is 24.8. The van der Waals surface area contributed by atoms with E-state index in [4.69, 9.17) is 4.74 Å². The van der Waals surface area contributed by atoms with Gasteiger partial charge in [0.2, 0.25) is 10.9 Å². The van der Waals surface area contributed by atoms with E-state index in [-0.39, 0.29) is 10.9 Å². The third kappa shape index (κ3) is 9.83. The molecule has 0 saturated heterocycles. The van der Waals surface area contributed by atoms with Gasteiger partial charge in [0.05, 0.1) is 5.69 Å². The van der Waals surface area contributed by atoms with Gasteiger partial charge in [-0.2, -0.15) is 0 Å². The maximum absolute atomic E-state index is 11.5. The van der Waals surface area contributed by atoms with Crippen molar-refractivity contribution in [1.29, 1.82) is 0 Å². The minimum Gasteiger partial charge on any atom is -0.381 e. The molecule has 0 unspecified atom stereocenters. The van der Waals surface area contributed by atoms with Crippen LogP contribution in [0.4, 0.5) is 5.69 Å². The highest BCUT2D eigenvalue weighted by Crippen LogP contribution is 2.08. The van der Waals surface area contributed by atoms with Crippen LogP contribution < -0.4 is 16.2 Å². The van der Waals surface area contributed by atoms with Crippen LogP contribution in [0.5, 0.6) is 0 Å². The van der Waals surface area contributed by atoms with Crippen LogP contribution in [-0.2, 0) is 4.74 Å². The molecule has 0 amide bonds. The number of nitrogens with one attached hydrogen (secondary N) is 1. The van der Waals surface area contributed by atoms with Gasteiger partial charge < -0.3 is 15.0 Å². The van der Waals surface area contributed by atoms with Crippen LogP contribution in [0.25, 0.3) is 0 Å².